The minimum absolute atomic E-state index is 0.292. The molecule has 0 unspecified atom stereocenters. The van der Waals surface area contributed by atoms with Gasteiger partial charge in [0.25, 0.3) is 0 Å². The Morgan fingerprint density at radius 3 is 2.36 bits per heavy atom. The van der Waals surface area contributed by atoms with Gasteiger partial charge in [-0.2, -0.15) is 0 Å². The summed E-state index contributed by atoms with van der Waals surface area (Å²) >= 11 is 1.40. The van der Waals surface area contributed by atoms with Crippen LogP contribution in [0.1, 0.15) is 37.3 Å². The second kappa shape index (κ2) is 6.20. The molecule has 1 fully saturated rings. The van der Waals surface area contributed by atoms with Crippen LogP contribution in [-0.2, 0) is 9.53 Å². The summed E-state index contributed by atoms with van der Waals surface area (Å²) < 4.78 is 5.36. The number of ether oxygens (including phenoxy) is 1. The first-order chi connectivity index (χ1) is 10.2. The minimum atomic E-state index is -1.26. The van der Waals surface area contributed by atoms with Crippen LogP contribution in [-0.4, -0.2) is 34.4 Å². The van der Waals surface area contributed by atoms with Gasteiger partial charge in [0.05, 0.1) is 12.0 Å². The van der Waals surface area contributed by atoms with Crippen molar-refractivity contribution >= 4 is 23.8 Å². The zero-order valence-corrected chi connectivity index (χ0v) is 14.0. The highest BCUT2D eigenvalue weighted by atomic mass is 32.2. The Morgan fingerprint density at radius 1 is 1.27 bits per heavy atom. The third kappa shape index (κ3) is 3.74. The van der Waals surface area contributed by atoms with Crippen LogP contribution in [0.3, 0.4) is 0 Å². The number of carboxylic acid groups (broad SMARTS) is 1. The van der Waals surface area contributed by atoms with Crippen LogP contribution in [0, 0.1) is 6.92 Å². The highest BCUT2D eigenvalue weighted by Gasteiger charge is 2.41. The van der Waals surface area contributed by atoms with Crippen LogP contribution in [0.4, 0.5) is 4.79 Å². The second-order valence-corrected chi connectivity index (χ2v) is 7.43. The van der Waals surface area contributed by atoms with Gasteiger partial charge in [0.2, 0.25) is 0 Å². The molecule has 0 aromatic heterocycles. The summed E-state index contributed by atoms with van der Waals surface area (Å²) in [6, 6.07) is 6.71. The second-order valence-electron chi connectivity index (χ2n) is 6.32. The molecule has 2 rings (SSSR count). The van der Waals surface area contributed by atoms with E-state index in [1.807, 2.05) is 31.2 Å². The van der Waals surface area contributed by atoms with Gasteiger partial charge < -0.3 is 14.6 Å². The molecular formula is C16H20NO4S-. The van der Waals surface area contributed by atoms with E-state index in [4.69, 9.17) is 4.74 Å². The fourth-order valence-electron chi connectivity index (χ4n) is 2.21. The Labute approximate surface area is 134 Å². The lowest BCUT2D eigenvalue weighted by molar-refractivity contribution is -0.310. The molecule has 0 bridgehead atoms. The summed E-state index contributed by atoms with van der Waals surface area (Å²) in [7, 11) is 0. The number of aryl methyl sites for hydroxylation is 1. The van der Waals surface area contributed by atoms with E-state index < -0.39 is 23.7 Å². The van der Waals surface area contributed by atoms with E-state index in [1.54, 1.807) is 20.8 Å². The molecule has 6 heteroatoms. The molecule has 1 amide bonds. The number of amides is 1. The number of rotatable bonds is 2. The van der Waals surface area contributed by atoms with Crippen molar-refractivity contribution in [1.82, 2.24) is 4.90 Å². The molecular weight excluding hydrogens is 302 g/mol. The van der Waals surface area contributed by atoms with Gasteiger partial charge >= 0.3 is 6.09 Å². The normalized spacial score (nSPS) is 21.7. The average molecular weight is 322 g/mol. The lowest BCUT2D eigenvalue weighted by Crippen LogP contribution is -2.50. The zero-order chi connectivity index (χ0) is 16.5. The van der Waals surface area contributed by atoms with Crippen molar-refractivity contribution in [3.05, 3.63) is 35.4 Å². The molecule has 1 heterocycles. The molecule has 1 aliphatic heterocycles. The highest BCUT2D eigenvalue weighted by molar-refractivity contribution is 7.99. The molecule has 120 valence electrons. The Morgan fingerprint density at radius 2 is 1.86 bits per heavy atom. The number of nitrogens with zero attached hydrogens (tertiary/aromatic N) is 1. The smallest absolute Gasteiger partial charge is 0.412 e. The number of thioether (sulfide) groups is 1. The summed E-state index contributed by atoms with van der Waals surface area (Å²) in [6.45, 7) is 7.23. The van der Waals surface area contributed by atoms with Gasteiger partial charge in [-0.25, -0.2) is 4.79 Å². The SMILES string of the molecule is Cc1ccc([C@H]2SC[C@H](C(=O)[O-])N2C(=O)OC(C)(C)C)cc1. The average Bonchev–Trinajstić information content (AvgIpc) is 2.82. The number of hydrogen-bond acceptors (Lipinski definition) is 5. The van der Waals surface area contributed by atoms with Gasteiger partial charge in [0, 0.05) is 5.75 Å². The fourth-order valence-corrected chi connectivity index (χ4v) is 3.62. The third-order valence-electron chi connectivity index (χ3n) is 3.24. The van der Waals surface area contributed by atoms with Gasteiger partial charge in [-0.15, -0.1) is 11.8 Å². The molecule has 22 heavy (non-hydrogen) atoms. The lowest BCUT2D eigenvalue weighted by atomic mass is 10.1. The number of carboxylic acids is 1. The van der Waals surface area contributed by atoms with Crippen molar-refractivity contribution in [2.45, 2.75) is 44.7 Å². The van der Waals surface area contributed by atoms with Crippen LogP contribution in [0.25, 0.3) is 0 Å². The fraction of sp³-hybridized carbons (Fsp3) is 0.500. The van der Waals surface area contributed by atoms with E-state index in [9.17, 15) is 14.7 Å². The van der Waals surface area contributed by atoms with Crippen molar-refractivity contribution in [2.24, 2.45) is 0 Å². The van der Waals surface area contributed by atoms with Gasteiger partial charge in [-0.05, 0) is 33.3 Å². The van der Waals surface area contributed by atoms with Gasteiger partial charge in [-0.1, -0.05) is 29.8 Å². The summed E-state index contributed by atoms with van der Waals surface area (Å²) in [5.41, 5.74) is 1.30. The molecule has 2 atom stereocenters. The zero-order valence-electron chi connectivity index (χ0n) is 13.2. The molecule has 0 N–H and O–H groups in total. The maximum absolute atomic E-state index is 12.4. The first-order valence-electron chi connectivity index (χ1n) is 7.09. The summed E-state index contributed by atoms with van der Waals surface area (Å²) in [5.74, 6) is -0.965. The summed E-state index contributed by atoms with van der Waals surface area (Å²) in [5, 5.41) is 11.0. The van der Waals surface area contributed by atoms with Crippen LogP contribution in [0.2, 0.25) is 0 Å². The van der Waals surface area contributed by atoms with E-state index in [0.717, 1.165) is 11.1 Å². The molecule has 0 aliphatic carbocycles. The number of benzene rings is 1. The molecule has 1 aliphatic rings. The number of carbonyl (C=O) groups is 2. The monoisotopic (exact) mass is 322 g/mol. The largest absolute Gasteiger partial charge is 0.548 e. The van der Waals surface area contributed by atoms with Crippen molar-refractivity contribution in [2.75, 3.05) is 5.75 Å². The maximum Gasteiger partial charge on any atom is 0.412 e. The van der Waals surface area contributed by atoms with E-state index in [1.165, 1.54) is 16.7 Å². The van der Waals surface area contributed by atoms with Crippen LogP contribution >= 0.6 is 11.8 Å². The van der Waals surface area contributed by atoms with E-state index in [2.05, 4.69) is 0 Å². The van der Waals surface area contributed by atoms with Crippen molar-refractivity contribution in [3.8, 4) is 0 Å². The molecule has 0 spiro atoms. The Balaban J connectivity index is 2.30. The van der Waals surface area contributed by atoms with Crippen LogP contribution in [0.15, 0.2) is 24.3 Å². The molecule has 1 aromatic carbocycles. The first kappa shape index (κ1) is 16.7. The van der Waals surface area contributed by atoms with Crippen molar-refractivity contribution < 1.29 is 19.4 Å². The number of aliphatic carboxylic acids is 1. The lowest BCUT2D eigenvalue weighted by Gasteiger charge is -2.32. The summed E-state index contributed by atoms with van der Waals surface area (Å²) in [6.07, 6.45) is -0.628. The van der Waals surface area contributed by atoms with E-state index in [0.29, 0.717) is 5.75 Å². The summed E-state index contributed by atoms with van der Waals surface area (Å²) in [4.78, 5) is 25.0. The molecule has 1 aromatic rings. The van der Waals surface area contributed by atoms with Gasteiger partial charge in [0.1, 0.15) is 11.0 Å². The highest BCUT2D eigenvalue weighted by Crippen LogP contribution is 2.42. The molecule has 1 saturated heterocycles. The maximum atomic E-state index is 12.4. The number of hydrogen-bond donors (Lipinski definition) is 0. The van der Waals surface area contributed by atoms with Crippen LogP contribution < -0.4 is 5.11 Å². The molecule has 0 saturated carbocycles. The van der Waals surface area contributed by atoms with Crippen LogP contribution in [0.5, 0.6) is 0 Å². The predicted molar refractivity (Wildman–Crippen MR) is 83.2 cm³/mol. The van der Waals surface area contributed by atoms with Crippen molar-refractivity contribution in [3.63, 3.8) is 0 Å². The van der Waals surface area contributed by atoms with E-state index in [-0.39, 0.29) is 5.37 Å². The standard InChI is InChI=1S/C16H21NO4S/c1-10-5-7-11(8-6-10)13-17(12(9-22-13)14(18)19)15(20)21-16(2,3)4/h5-8,12-13H,9H2,1-4H3,(H,18,19)/p-1/t12-,13-/m1/s1. The van der Waals surface area contributed by atoms with Gasteiger partial charge in [-0.3, -0.25) is 4.90 Å². The van der Waals surface area contributed by atoms with Crippen molar-refractivity contribution in [1.29, 1.82) is 0 Å². The van der Waals surface area contributed by atoms with E-state index >= 15 is 0 Å². The third-order valence-corrected chi connectivity index (χ3v) is 4.56. The number of carbonyl (C=O) groups excluding carboxylic acids is 2. The Hall–Kier alpha value is -1.69. The first-order valence-corrected chi connectivity index (χ1v) is 8.14. The molecule has 5 nitrogen and oxygen atoms in total. The minimum Gasteiger partial charge on any atom is -0.548 e. The molecule has 0 radical (unpaired) electrons. The Bertz CT molecular complexity index is 565. The Kier molecular flexibility index (Phi) is 4.70. The quantitative estimate of drug-likeness (QED) is 0.834. The predicted octanol–water partition coefficient (Wildman–Crippen LogP) is 2.10. The topological polar surface area (TPSA) is 69.7 Å². The van der Waals surface area contributed by atoms with Gasteiger partial charge in [0.15, 0.2) is 0 Å².